The summed E-state index contributed by atoms with van der Waals surface area (Å²) in [5, 5.41) is 0.717. The number of hydrogen-bond donors (Lipinski definition) is 0. The second-order valence-electron chi connectivity index (χ2n) is 6.01. The first-order valence-corrected chi connectivity index (χ1v) is 9.98. The summed E-state index contributed by atoms with van der Waals surface area (Å²) in [6, 6.07) is 14.9. The number of amides is 1. The van der Waals surface area contributed by atoms with Crippen LogP contribution in [-0.4, -0.2) is 49.7 Å². The van der Waals surface area contributed by atoms with Crippen molar-refractivity contribution in [3.63, 3.8) is 0 Å². The number of benzene rings is 2. The molecular weight excluding hydrogens is 386 g/mol. The minimum atomic E-state index is -0.492. The minimum Gasteiger partial charge on any atom is -0.452 e. The molecule has 0 atom stereocenters. The van der Waals surface area contributed by atoms with Gasteiger partial charge in [-0.2, -0.15) is 0 Å². The highest BCUT2D eigenvalue weighted by Gasteiger charge is 2.18. The van der Waals surface area contributed by atoms with Crippen LogP contribution in [0.4, 0.5) is 0 Å². The Balaban J connectivity index is 1.46. The molecule has 1 fully saturated rings. The van der Waals surface area contributed by atoms with Crippen molar-refractivity contribution in [3.05, 3.63) is 64.7 Å². The Bertz CT molecular complexity index is 774. The second-order valence-corrected chi connectivity index (χ2v) is 7.49. The first-order valence-electron chi connectivity index (χ1n) is 8.62. The average Bonchev–Trinajstić information content (AvgIpc) is 2.72. The zero-order valence-electron chi connectivity index (χ0n) is 14.7. The van der Waals surface area contributed by atoms with E-state index in [0.29, 0.717) is 36.9 Å². The van der Waals surface area contributed by atoms with Crippen molar-refractivity contribution >= 4 is 35.2 Å². The lowest BCUT2D eigenvalue weighted by Gasteiger charge is -2.26. The molecule has 3 rings (SSSR count). The average molecular weight is 406 g/mol. The Hall–Kier alpha value is -2.02. The highest BCUT2D eigenvalue weighted by Crippen LogP contribution is 2.24. The summed E-state index contributed by atoms with van der Waals surface area (Å²) in [5.41, 5.74) is 1.53. The largest absolute Gasteiger partial charge is 0.452 e. The molecule has 5 nitrogen and oxygen atoms in total. The maximum absolute atomic E-state index is 12.1. The zero-order valence-corrected chi connectivity index (χ0v) is 16.3. The monoisotopic (exact) mass is 405 g/mol. The summed E-state index contributed by atoms with van der Waals surface area (Å²) in [5.74, 6) is 0.100. The standard InChI is InChI=1S/C20H20ClNO4S/c21-17-5-7-18(8-6-17)27-14-15-1-3-16(4-2-15)20(24)26-13-19(23)22-9-11-25-12-10-22/h1-8H,9-14H2. The van der Waals surface area contributed by atoms with Crippen LogP contribution in [0.2, 0.25) is 5.02 Å². The van der Waals surface area contributed by atoms with E-state index in [0.717, 1.165) is 16.2 Å². The van der Waals surface area contributed by atoms with Crippen molar-refractivity contribution in [1.29, 1.82) is 0 Å². The van der Waals surface area contributed by atoms with Crippen LogP contribution in [-0.2, 0) is 20.0 Å². The van der Waals surface area contributed by atoms with Crippen LogP contribution in [0.15, 0.2) is 53.4 Å². The van der Waals surface area contributed by atoms with Gasteiger partial charge in [0.25, 0.3) is 5.91 Å². The van der Waals surface area contributed by atoms with E-state index < -0.39 is 5.97 Å². The van der Waals surface area contributed by atoms with Crippen LogP contribution in [0.25, 0.3) is 0 Å². The molecule has 0 aliphatic carbocycles. The molecule has 142 valence electrons. The van der Waals surface area contributed by atoms with Gasteiger partial charge in [0.05, 0.1) is 18.8 Å². The van der Waals surface area contributed by atoms with Gasteiger partial charge in [0.1, 0.15) is 0 Å². The third kappa shape index (κ3) is 5.99. The molecule has 7 heteroatoms. The number of ether oxygens (including phenoxy) is 2. The zero-order chi connectivity index (χ0) is 19.1. The minimum absolute atomic E-state index is 0.192. The third-order valence-electron chi connectivity index (χ3n) is 4.10. The fourth-order valence-corrected chi connectivity index (χ4v) is 3.53. The van der Waals surface area contributed by atoms with Crippen molar-refractivity contribution in [3.8, 4) is 0 Å². The number of halogens is 1. The lowest BCUT2D eigenvalue weighted by atomic mass is 10.1. The van der Waals surface area contributed by atoms with Gasteiger partial charge >= 0.3 is 5.97 Å². The van der Waals surface area contributed by atoms with Crippen molar-refractivity contribution < 1.29 is 19.1 Å². The van der Waals surface area contributed by atoms with E-state index in [4.69, 9.17) is 21.1 Å². The van der Waals surface area contributed by atoms with Gasteiger partial charge in [-0.3, -0.25) is 4.79 Å². The Kier molecular flexibility index (Phi) is 7.15. The van der Waals surface area contributed by atoms with Gasteiger partial charge in [-0.15, -0.1) is 11.8 Å². The number of esters is 1. The molecule has 0 saturated carbocycles. The van der Waals surface area contributed by atoms with E-state index in [1.165, 1.54) is 0 Å². The molecule has 1 aliphatic heterocycles. The SMILES string of the molecule is O=C(OCC(=O)N1CCOCC1)c1ccc(CSc2ccc(Cl)cc2)cc1. The Labute approximate surface area is 167 Å². The molecular formula is C20H20ClNO4S. The summed E-state index contributed by atoms with van der Waals surface area (Å²) >= 11 is 7.57. The van der Waals surface area contributed by atoms with Gasteiger partial charge in [-0.1, -0.05) is 23.7 Å². The number of hydrogen-bond acceptors (Lipinski definition) is 5. The number of rotatable bonds is 6. The van der Waals surface area contributed by atoms with E-state index in [2.05, 4.69) is 0 Å². The van der Waals surface area contributed by atoms with Crippen LogP contribution in [0.1, 0.15) is 15.9 Å². The highest BCUT2D eigenvalue weighted by molar-refractivity contribution is 7.98. The number of carbonyl (C=O) groups is 2. The molecule has 0 unspecified atom stereocenters. The second kappa shape index (κ2) is 9.78. The summed E-state index contributed by atoms with van der Waals surface area (Å²) in [6.45, 7) is 1.88. The number of nitrogens with zero attached hydrogens (tertiary/aromatic N) is 1. The molecule has 1 saturated heterocycles. The van der Waals surface area contributed by atoms with Gasteiger partial charge in [0, 0.05) is 28.8 Å². The number of morpholine rings is 1. The molecule has 0 radical (unpaired) electrons. The molecule has 1 aliphatic rings. The highest BCUT2D eigenvalue weighted by atomic mass is 35.5. The van der Waals surface area contributed by atoms with Gasteiger partial charge in [-0.25, -0.2) is 4.79 Å². The summed E-state index contributed by atoms with van der Waals surface area (Å²) in [6.07, 6.45) is 0. The van der Waals surface area contributed by atoms with E-state index >= 15 is 0 Å². The molecule has 2 aromatic rings. The molecule has 0 spiro atoms. The van der Waals surface area contributed by atoms with Gasteiger partial charge in [-0.05, 0) is 42.0 Å². The summed E-state index contributed by atoms with van der Waals surface area (Å²) in [4.78, 5) is 26.9. The van der Waals surface area contributed by atoms with Crippen LogP contribution in [0.5, 0.6) is 0 Å². The fraction of sp³-hybridized carbons (Fsp3) is 0.300. The van der Waals surface area contributed by atoms with Crippen molar-refractivity contribution in [2.45, 2.75) is 10.6 Å². The quantitative estimate of drug-likeness (QED) is 0.542. The predicted molar refractivity (Wildman–Crippen MR) is 105 cm³/mol. The normalized spacial score (nSPS) is 14.0. The topological polar surface area (TPSA) is 55.8 Å². The molecule has 0 N–H and O–H groups in total. The van der Waals surface area contributed by atoms with Crippen LogP contribution in [0.3, 0.4) is 0 Å². The van der Waals surface area contributed by atoms with E-state index in [9.17, 15) is 9.59 Å². The summed E-state index contributed by atoms with van der Waals surface area (Å²) < 4.78 is 10.3. The maximum Gasteiger partial charge on any atom is 0.338 e. The first-order chi connectivity index (χ1) is 13.1. The Morgan fingerprint density at radius 1 is 1.04 bits per heavy atom. The first kappa shape index (κ1) is 19.7. The molecule has 27 heavy (non-hydrogen) atoms. The molecule has 2 aromatic carbocycles. The van der Waals surface area contributed by atoms with Crippen LogP contribution < -0.4 is 0 Å². The molecule has 0 aromatic heterocycles. The van der Waals surface area contributed by atoms with Crippen molar-refractivity contribution in [2.24, 2.45) is 0 Å². The van der Waals surface area contributed by atoms with E-state index in [1.54, 1.807) is 28.8 Å². The number of thioether (sulfide) groups is 1. The third-order valence-corrected chi connectivity index (χ3v) is 5.43. The van der Waals surface area contributed by atoms with Crippen molar-refractivity contribution in [1.82, 2.24) is 4.90 Å². The molecule has 1 amide bonds. The Morgan fingerprint density at radius 3 is 2.37 bits per heavy atom. The van der Waals surface area contributed by atoms with Crippen molar-refractivity contribution in [2.75, 3.05) is 32.9 Å². The van der Waals surface area contributed by atoms with Crippen LogP contribution in [0, 0.1) is 0 Å². The fourth-order valence-electron chi connectivity index (χ4n) is 2.55. The smallest absolute Gasteiger partial charge is 0.338 e. The lowest BCUT2D eigenvalue weighted by Crippen LogP contribution is -2.42. The van der Waals surface area contributed by atoms with Gasteiger partial charge in [0.2, 0.25) is 0 Å². The molecule has 0 bridgehead atoms. The Morgan fingerprint density at radius 2 is 1.70 bits per heavy atom. The lowest BCUT2D eigenvalue weighted by molar-refractivity contribution is -0.138. The van der Waals surface area contributed by atoms with Crippen LogP contribution >= 0.6 is 23.4 Å². The number of carbonyl (C=O) groups excluding carboxylic acids is 2. The van der Waals surface area contributed by atoms with E-state index in [-0.39, 0.29) is 12.5 Å². The summed E-state index contributed by atoms with van der Waals surface area (Å²) in [7, 11) is 0. The van der Waals surface area contributed by atoms with Gasteiger partial charge < -0.3 is 14.4 Å². The molecule has 1 heterocycles. The van der Waals surface area contributed by atoms with Gasteiger partial charge in [0.15, 0.2) is 6.61 Å². The predicted octanol–water partition coefficient (Wildman–Crippen LogP) is 3.65. The maximum atomic E-state index is 12.1. The van der Waals surface area contributed by atoms with E-state index in [1.807, 2.05) is 36.4 Å².